The summed E-state index contributed by atoms with van der Waals surface area (Å²) < 4.78 is 43.6. The van der Waals surface area contributed by atoms with Crippen molar-refractivity contribution in [1.82, 2.24) is 19.9 Å². The van der Waals surface area contributed by atoms with Gasteiger partial charge in [0.2, 0.25) is 5.89 Å². The molecule has 1 aromatic carbocycles. The van der Waals surface area contributed by atoms with E-state index in [-0.39, 0.29) is 6.42 Å². The molecule has 1 aromatic heterocycles. The number of rotatable bonds is 4. The summed E-state index contributed by atoms with van der Waals surface area (Å²) in [5, 5.41) is 3.90. The lowest BCUT2D eigenvalue weighted by Crippen LogP contribution is -2.49. The van der Waals surface area contributed by atoms with Crippen molar-refractivity contribution in [2.24, 2.45) is 0 Å². The summed E-state index contributed by atoms with van der Waals surface area (Å²) in [7, 11) is 2.10. The van der Waals surface area contributed by atoms with E-state index in [0.29, 0.717) is 29.9 Å². The van der Waals surface area contributed by atoms with Gasteiger partial charge in [0.15, 0.2) is 5.82 Å². The third kappa shape index (κ3) is 4.58. The van der Waals surface area contributed by atoms with Crippen molar-refractivity contribution in [1.29, 1.82) is 0 Å². The topological polar surface area (TPSA) is 45.4 Å². The Kier molecular flexibility index (Phi) is 5.10. The van der Waals surface area contributed by atoms with Crippen molar-refractivity contribution >= 4 is 0 Å². The highest BCUT2D eigenvalue weighted by Gasteiger charge is 2.30. The van der Waals surface area contributed by atoms with Crippen LogP contribution in [0.1, 0.15) is 29.8 Å². The van der Waals surface area contributed by atoms with Crippen LogP contribution in [-0.4, -0.2) is 52.7 Å². The molecule has 8 heteroatoms. The summed E-state index contributed by atoms with van der Waals surface area (Å²) in [6.45, 7) is 5.55. The zero-order valence-corrected chi connectivity index (χ0v) is 14.3. The first-order chi connectivity index (χ1) is 11.8. The Balaban J connectivity index is 1.62. The van der Waals surface area contributed by atoms with Crippen LogP contribution in [0.3, 0.4) is 0 Å². The summed E-state index contributed by atoms with van der Waals surface area (Å²) >= 11 is 0. The zero-order chi connectivity index (χ0) is 18.0. The normalized spacial score (nSPS) is 20.1. The molecule has 1 aliphatic heterocycles. The van der Waals surface area contributed by atoms with Gasteiger partial charge in [0.1, 0.15) is 0 Å². The standard InChI is InChI=1S/C17H21F3N4O/c1-12-10-24(7-6-23(12)2)11-16-21-15(22-25-16)9-13-4-3-5-14(8-13)17(18,19)20/h3-5,8,12H,6-7,9-11H2,1-2H3/t12-/m1/s1. The van der Waals surface area contributed by atoms with Gasteiger partial charge in [0.05, 0.1) is 12.1 Å². The molecule has 1 fully saturated rings. The van der Waals surface area contributed by atoms with Crippen LogP contribution in [0.5, 0.6) is 0 Å². The lowest BCUT2D eigenvalue weighted by atomic mass is 10.1. The van der Waals surface area contributed by atoms with Crippen LogP contribution in [-0.2, 0) is 19.1 Å². The molecule has 0 radical (unpaired) electrons. The molecule has 5 nitrogen and oxygen atoms in total. The van der Waals surface area contributed by atoms with Crippen molar-refractivity contribution in [2.45, 2.75) is 32.1 Å². The third-order valence-electron chi connectivity index (χ3n) is 4.53. The Hall–Kier alpha value is -1.93. The van der Waals surface area contributed by atoms with E-state index in [2.05, 4.69) is 33.9 Å². The Bertz CT molecular complexity index is 716. The molecule has 0 aliphatic carbocycles. The number of benzene rings is 1. The number of alkyl halides is 3. The molecule has 25 heavy (non-hydrogen) atoms. The molecule has 1 saturated heterocycles. The predicted octanol–water partition coefficient (Wildman–Crippen LogP) is 2.82. The number of piperazine rings is 1. The molecule has 1 aliphatic rings. The van der Waals surface area contributed by atoms with Gasteiger partial charge in [0, 0.05) is 32.1 Å². The summed E-state index contributed by atoms with van der Waals surface area (Å²) in [5.41, 5.74) is -0.157. The van der Waals surface area contributed by atoms with E-state index in [9.17, 15) is 13.2 Å². The van der Waals surface area contributed by atoms with Gasteiger partial charge >= 0.3 is 6.18 Å². The molecule has 0 saturated carbocycles. The number of hydrogen-bond acceptors (Lipinski definition) is 5. The highest BCUT2D eigenvalue weighted by atomic mass is 19.4. The number of hydrogen-bond donors (Lipinski definition) is 0. The molecule has 1 atom stereocenters. The number of aromatic nitrogens is 2. The maximum Gasteiger partial charge on any atom is 0.416 e. The van der Waals surface area contributed by atoms with Crippen LogP contribution in [0, 0.1) is 0 Å². The molecule has 0 unspecified atom stereocenters. The average molecular weight is 354 g/mol. The number of likely N-dealkylation sites (N-methyl/N-ethyl adjacent to an activating group) is 1. The molecule has 0 spiro atoms. The van der Waals surface area contributed by atoms with E-state index in [1.807, 2.05) is 0 Å². The van der Waals surface area contributed by atoms with Crippen LogP contribution >= 0.6 is 0 Å². The van der Waals surface area contributed by atoms with Crippen molar-refractivity contribution in [2.75, 3.05) is 26.7 Å². The van der Waals surface area contributed by atoms with Gasteiger partial charge in [-0.05, 0) is 25.6 Å². The van der Waals surface area contributed by atoms with Gasteiger partial charge in [-0.15, -0.1) is 0 Å². The first-order valence-corrected chi connectivity index (χ1v) is 8.21. The molecular weight excluding hydrogens is 333 g/mol. The van der Waals surface area contributed by atoms with Gasteiger partial charge in [-0.3, -0.25) is 4.90 Å². The fourth-order valence-electron chi connectivity index (χ4n) is 2.93. The Labute approximate surface area is 144 Å². The van der Waals surface area contributed by atoms with Crippen molar-refractivity contribution in [3.8, 4) is 0 Å². The summed E-state index contributed by atoms with van der Waals surface area (Å²) in [4.78, 5) is 8.86. The Morgan fingerprint density at radius 1 is 1.28 bits per heavy atom. The molecule has 136 valence electrons. The van der Waals surface area contributed by atoms with E-state index in [4.69, 9.17) is 4.52 Å². The van der Waals surface area contributed by atoms with E-state index >= 15 is 0 Å². The zero-order valence-electron chi connectivity index (χ0n) is 14.3. The minimum absolute atomic E-state index is 0.215. The molecular formula is C17H21F3N4O. The predicted molar refractivity (Wildman–Crippen MR) is 85.9 cm³/mol. The average Bonchev–Trinajstić information content (AvgIpc) is 2.97. The van der Waals surface area contributed by atoms with Crippen molar-refractivity contribution in [3.05, 3.63) is 47.1 Å². The van der Waals surface area contributed by atoms with E-state index < -0.39 is 11.7 Å². The highest BCUT2D eigenvalue weighted by Crippen LogP contribution is 2.29. The monoisotopic (exact) mass is 354 g/mol. The van der Waals surface area contributed by atoms with Crippen LogP contribution in [0.4, 0.5) is 13.2 Å². The maximum atomic E-state index is 12.8. The van der Waals surface area contributed by atoms with Crippen molar-refractivity contribution in [3.63, 3.8) is 0 Å². The molecule has 0 N–H and O–H groups in total. The fraction of sp³-hybridized carbons (Fsp3) is 0.529. The van der Waals surface area contributed by atoms with Crippen LogP contribution in [0.25, 0.3) is 0 Å². The highest BCUT2D eigenvalue weighted by molar-refractivity contribution is 5.27. The fourth-order valence-corrected chi connectivity index (χ4v) is 2.93. The van der Waals surface area contributed by atoms with Gasteiger partial charge < -0.3 is 9.42 Å². The second-order valence-corrected chi connectivity index (χ2v) is 6.54. The Morgan fingerprint density at radius 3 is 2.80 bits per heavy atom. The molecule has 2 aromatic rings. The minimum atomic E-state index is -4.35. The van der Waals surface area contributed by atoms with E-state index in [1.165, 1.54) is 6.07 Å². The lowest BCUT2D eigenvalue weighted by molar-refractivity contribution is -0.137. The first kappa shape index (κ1) is 17.9. The SMILES string of the molecule is C[C@@H]1CN(Cc2nc(Cc3cccc(C(F)(F)F)c3)no2)CCN1C. The van der Waals surface area contributed by atoms with Gasteiger partial charge in [-0.1, -0.05) is 23.4 Å². The molecule has 0 amide bonds. The first-order valence-electron chi connectivity index (χ1n) is 8.21. The molecule has 3 rings (SSSR count). The van der Waals surface area contributed by atoms with Gasteiger partial charge in [-0.2, -0.15) is 18.2 Å². The summed E-state index contributed by atoms with van der Waals surface area (Å²) in [6.07, 6.45) is -4.14. The lowest BCUT2D eigenvalue weighted by Gasteiger charge is -2.36. The van der Waals surface area contributed by atoms with Crippen LogP contribution < -0.4 is 0 Å². The van der Waals surface area contributed by atoms with E-state index in [0.717, 1.165) is 31.8 Å². The second kappa shape index (κ2) is 7.13. The second-order valence-electron chi connectivity index (χ2n) is 6.54. The number of nitrogens with zero attached hydrogens (tertiary/aromatic N) is 4. The smallest absolute Gasteiger partial charge is 0.338 e. The third-order valence-corrected chi connectivity index (χ3v) is 4.53. The van der Waals surface area contributed by atoms with Crippen LogP contribution in [0.15, 0.2) is 28.8 Å². The maximum absolute atomic E-state index is 12.8. The van der Waals surface area contributed by atoms with Crippen LogP contribution in [0.2, 0.25) is 0 Å². The van der Waals surface area contributed by atoms with Gasteiger partial charge in [0.25, 0.3) is 0 Å². The largest absolute Gasteiger partial charge is 0.416 e. The summed E-state index contributed by atoms with van der Waals surface area (Å²) in [6, 6.07) is 5.66. The van der Waals surface area contributed by atoms with Crippen molar-refractivity contribution < 1.29 is 17.7 Å². The summed E-state index contributed by atoms with van der Waals surface area (Å²) in [5.74, 6) is 0.898. The van der Waals surface area contributed by atoms with Gasteiger partial charge in [-0.25, -0.2) is 0 Å². The Morgan fingerprint density at radius 2 is 2.08 bits per heavy atom. The molecule has 2 heterocycles. The quantitative estimate of drug-likeness (QED) is 0.845. The van der Waals surface area contributed by atoms with E-state index in [1.54, 1.807) is 6.07 Å². The minimum Gasteiger partial charge on any atom is -0.338 e. The molecule has 0 bridgehead atoms. The number of halogens is 3.